The van der Waals surface area contributed by atoms with Gasteiger partial charge in [0.1, 0.15) is 10.7 Å². The van der Waals surface area contributed by atoms with Crippen LogP contribution in [-0.4, -0.2) is 17.0 Å². The molecule has 1 amide bonds. The Balaban J connectivity index is 2.77. The van der Waals surface area contributed by atoms with Crippen molar-refractivity contribution < 1.29 is 19.1 Å². The molecule has 0 atom stereocenters. The van der Waals surface area contributed by atoms with Crippen molar-refractivity contribution >= 4 is 39.0 Å². The average Bonchev–Trinajstić information content (AvgIpc) is 2.57. The highest BCUT2D eigenvalue weighted by atomic mass is 32.1. The monoisotopic (exact) mass is 253 g/mol. The second-order valence-corrected chi connectivity index (χ2v) is 4.46. The number of carbonyl (C=O) groups is 2. The lowest BCUT2D eigenvalue weighted by Crippen LogP contribution is -2.09. The van der Waals surface area contributed by atoms with Crippen molar-refractivity contribution in [1.29, 1.82) is 0 Å². The molecule has 0 aliphatic carbocycles. The second-order valence-electron chi connectivity index (χ2n) is 3.41. The highest BCUT2D eigenvalue weighted by Crippen LogP contribution is 2.37. The maximum Gasteiger partial charge on any atom is 0.348 e. The zero-order chi connectivity index (χ0) is 12.6. The Hall–Kier alpha value is -1.95. The summed E-state index contributed by atoms with van der Waals surface area (Å²) in [4.78, 5) is 22.0. The van der Waals surface area contributed by atoms with Crippen molar-refractivity contribution in [3.63, 3.8) is 0 Å². The summed E-state index contributed by atoms with van der Waals surface area (Å²) in [6, 6.07) is 4.34. The second kappa shape index (κ2) is 4.14. The van der Waals surface area contributed by atoms with Gasteiger partial charge in [-0.15, -0.1) is 11.3 Å². The molecule has 6 heteroatoms. The van der Waals surface area contributed by atoms with Crippen LogP contribution in [0.2, 0.25) is 0 Å². The number of carbonyl (C=O) groups excluding carboxylic acids is 1. The Bertz CT molecular complexity index is 620. The number of nitrogens with one attached hydrogen (secondary N) is 1. The summed E-state index contributed by atoms with van der Waals surface area (Å²) in [5.41, 5.74) is 0.0306. The van der Waals surface area contributed by atoms with E-state index in [0.29, 0.717) is 4.70 Å². The van der Waals surface area contributed by atoms with Crippen LogP contribution in [0.3, 0.4) is 0 Å². The van der Waals surface area contributed by atoms with Gasteiger partial charge in [-0.2, -0.15) is 0 Å². The molecule has 0 radical (unpaired) electrons. The van der Waals surface area contributed by atoms with Gasteiger partial charge in [-0.3, -0.25) is 4.79 Å². The van der Waals surface area contributed by atoms with Crippen LogP contribution in [0, 0.1) is 5.82 Å². The van der Waals surface area contributed by atoms with E-state index in [4.69, 9.17) is 5.11 Å². The van der Waals surface area contributed by atoms with E-state index >= 15 is 0 Å². The van der Waals surface area contributed by atoms with E-state index in [-0.39, 0.29) is 16.0 Å². The summed E-state index contributed by atoms with van der Waals surface area (Å²) in [5.74, 6) is -2.17. The maximum absolute atomic E-state index is 13.6. The van der Waals surface area contributed by atoms with E-state index in [1.165, 1.54) is 19.1 Å². The van der Waals surface area contributed by atoms with E-state index in [1.54, 1.807) is 6.07 Å². The van der Waals surface area contributed by atoms with E-state index < -0.39 is 17.7 Å². The van der Waals surface area contributed by atoms with Gasteiger partial charge in [-0.1, -0.05) is 6.07 Å². The molecule has 1 aromatic carbocycles. The lowest BCUT2D eigenvalue weighted by Gasteiger charge is -2.02. The fraction of sp³-hybridized carbons (Fsp3) is 0.0909. The first-order valence-corrected chi connectivity index (χ1v) is 5.54. The zero-order valence-corrected chi connectivity index (χ0v) is 9.60. The van der Waals surface area contributed by atoms with Crippen LogP contribution in [0.5, 0.6) is 0 Å². The number of aromatic carboxylic acids is 1. The Morgan fingerprint density at radius 2 is 2.12 bits per heavy atom. The SMILES string of the molecule is CC(=O)Nc1c(C(=O)O)sc2cccc(F)c12. The first kappa shape index (κ1) is 11.5. The molecule has 0 aliphatic rings. The van der Waals surface area contributed by atoms with Crippen molar-refractivity contribution in [1.82, 2.24) is 0 Å². The van der Waals surface area contributed by atoms with Gasteiger partial charge in [0.15, 0.2) is 0 Å². The number of fused-ring (bicyclic) bond motifs is 1. The number of hydrogen-bond acceptors (Lipinski definition) is 3. The number of anilines is 1. The van der Waals surface area contributed by atoms with Gasteiger partial charge in [0.25, 0.3) is 0 Å². The third-order valence-electron chi connectivity index (χ3n) is 2.16. The first-order chi connectivity index (χ1) is 8.00. The molecule has 0 aliphatic heterocycles. The van der Waals surface area contributed by atoms with Crippen LogP contribution in [0.15, 0.2) is 18.2 Å². The topological polar surface area (TPSA) is 66.4 Å². The van der Waals surface area contributed by atoms with Gasteiger partial charge >= 0.3 is 5.97 Å². The molecule has 0 unspecified atom stereocenters. The standard InChI is InChI=1S/C11H8FNO3S/c1-5(14)13-9-8-6(12)3-2-4-7(8)17-10(9)11(15)16/h2-4H,1H3,(H,13,14)(H,15,16). The molecule has 0 bridgehead atoms. The Kier molecular flexibility index (Phi) is 2.81. The van der Waals surface area contributed by atoms with E-state index in [9.17, 15) is 14.0 Å². The number of carboxylic acids is 1. The summed E-state index contributed by atoms with van der Waals surface area (Å²) in [6.07, 6.45) is 0. The van der Waals surface area contributed by atoms with Crippen LogP contribution in [0.1, 0.15) is 16.6 Å². The largest absolute Gasteiger partial charge is 0.477 e. The number of thiophene rings is 1. The fourth-order valence-corrected chi connectivity index (χ4v) is 2.56. The van der Waals surface area contributed by atoms with Gasteiger partial charge in [-0.05, 0) is 12.1 Å². The number of rotatable bonds is 2. The molecule has 17 heavy (non-hydrogen) atoms. The van der Waals surface area contributed by atoms with Crippen LogP contribution in [0.4, 0.5) is 10.1 Å². The highest BCUT2D eigenvalue weighted by Gasteiger charge is 2.20. The number of amides is 1. The maximum atomic E-state index is 13.6. The van der Waals surface area contributed by atoms with Crippen molar-refractivity contribution in [2.24, 2.45) is 0 Å². The smallest absolute Gasteiger partial charge is 0.348 e. The van der Waals surface area contributed by atoms with Crippen molar-refractivity contribution in [2.45, 2.75) is 6.92 Å². The molecule has 0 spiro atoms. The molecule has 88 valence electrons. The van der Waals surface area contributed by atoms with Crippen molar-refractivity contribution in [3.8, 4) is 0 Å². The van der Waals surface area contributed by atoms with Crippen LogP contribution < -0.4 is 5.32 Å². The summed E-state index contributed by atoms with van der Waals surface area (Å²) in [7, 11) is 0. The predicted molar refractivity (Wildman–Crippen MR) is 63.0 cm³/mol. The van der Waals surface area contributed by atoms with Crippen LogP contribution in [-0.2, 0) is 4.79 Å². The first-order valence-electron chi connectivity index (χ1n) is 4.72. The number of hydrogen-bond donors (Lipinski definition) is 2. The molecule has 1 heterocycles. The van der Waals surface area contributed by atoms with Crippen LogP contribution in [0.25, 0.3) is 10.1 Å². The number of halogens is 1. The molecule has 4 nitrogen and oxygen atoms in total. The van der Waals surface area contributed by atoms with E-state index in [0.717, 1.165) is 11.3 Å². The molecule has 2 aromatic rings. The zero-order valence-electron chi connectivity index (χ0n) is 8.78. The third-order valence-corrected chi connectivity index (χ3v) is 3.30. The summed E-state index contributed by atoms with van der Waals surface area (Å²) in [5, 5.41) is 11.5. The molecule has 1 aromatic heterocycles. The quantitative estimate of drug-likeness (QED) is 0.864. The molecule has 2 rings (SSSR count). The predicted octanol–water partition coefficient (Wildman–Crippen LogP) is 2.70. The molecule has 2 N–H and O–H groups in total. The van der Waals surface area contributed by atoms with Gasteiger partial charge in [0.2, 0.25) is 5.91 Å². The highest BCUT2D eigenvalue weighted by molar-refractivity contribution is 7.21. The third kappa shape index (κ3) is 1.99. The number of benzene rings is 1. The fourth-order valence-electron chi connectivity index (χ4n) is 1.55. The Morgan fingerprint density at radius 3 is 2.71 bits per heavy atom. The van der Waals surface area contributed by atoms with Crippen molar-refractivity contribution in [2.75, 3.05) is 5.32 Å². The number of carboxylic acid groups (broad SMARTS) is 1. The minimum Gasteiger partial charge on any atom is -0.477 e. The van der Waals surface area contributed by atoms with E-state index in [2.05, 4.69) is 5.32 Å². The lowest BCUT2D eigenvalue weighted by atomic mass is 10.2. The van der Waals surface area contributed by atoms with Gasteiger partial charge in [-0.25, -0.2) is 9.18 Å². The molecular formula is C11H8FNO3S. The normalized spacial score (nSPS) is 10.5. The molecule has 0 fully saturated rings. The molecule has 0 saturated heterocycles. The minimum absolute atomic E-state index is 0.0306. The van der Waals surface area contributed by atoms with Crippen molar-refractivity contribution in [3.05, 3.63) is 28.9 Å². The molecule has 0 saturated carbocycles. The summed E-state index contributed by atoms with van der Waals surface area (Å²) < 4.78 is 14.1. The molecular weight excluding hydrogens is 245 g/mol. The Labute approximate surface area is 99.7 Å². The minimum atomic E-state index is -1.19. The van der Waals surface area contributed by atoms with Gasteiger partial charge in [0.05, 0.1) is 11.1 Å². The summed E-state index contributed by atoms with van der Waals surface area (Å²) >= 11 is 0.934. The lowest BCUT2D eigenvalue weighted by molar-refractivity contribution is -0.114. The van der Waals surface area contributed by atoms with Crippen LogP contribution >= 0.6 is 11.3 Å². The summed E-state index contributed by atoms with van der Waals surface area (Å²) in [6.45, 7) is 1.25. The van der Waals surface area contributed by atoms with E-state index in [1.807, 2.05) is 0 Å². The average molecular weight is 253 g/mol. The van der Waals surface area contributed by atoms with Gasteiger partial charge < -0.3 is 10.4 Å². The van der Waals surface area contributed by atoms with Gasteiger partial charge in [0, 0.05) is 11.6 Å². The Morgan fingerprint density at radius 1 is 1.41 bits per heavy atom.